The molecule has 0 aromatic heterocycles. The normalized spacial score (nSPS) is 17.1. The maximum Gasteiger partial charge on any atom is 0.253 e. The zero-order valence-electron chi connectivity index (χ0n) is 14.1. The van der Waals surface area contributed by atoms with Gasteiger partial charge >= 0.3 is 0 Å². The molecule has 0 radical (unpaired) electrons. The largest absolute Gasteiger partial charge is 0.488 e. The lowest BCUT2D eigenvalue weighted by atomic mass is 10.1. The molecule has 0 atom stereocenters. The maximum atomic E-state index is 12.5. The SMILES string of the molecule is CC(C)(C)Oc1ccc(C(=O)N2CCN(S(C)(=O)=O)CC2)cc1. The quantitative estimate of drug-likeness (QED) is 0.838. The van der Waals surface area contributed by atoms with Crippen LogP contribution in [0.25, 0.3) is 0 Å². The molecule has 128 valence electrons. The first-order chi connectivity index (χ1) is 10.6. The smallest absolute Gasteiger partial charge is 0.253 e. The summed E-state index contributed by atoms with van der Waals surface area (Å²) in [5, 5.41) is 0. The highest BCUT2D eigenvalue weighted by molar-refractivity contribution is 7.88. The van der Waals surface area contributed by atoms with E-state index in [9.17, 15) is 13.2 Å². The van der Waals surface area contributed by atoms with Crippen LogP contribution in [0.5, 0.6) is 5.75 Å². The van der Waals surface area contributed by atoms with Gasteiger partial charge in [-0.2, -0.15) is 4.31 Å². The molecule has 1 aliphatic heterocycles. The molecular weight excluding hydrogens is 316 g/mol. The van der Waals surface area contributed by atoms with Crippen molar-refractivity contribution in [3.05, 3.63) is 29.8 Å². The molecule has 0 aliphatic carbocycles. The summed E-state index contributed by atoms with van der Waals surface area (Å²) in [6, 6.07) is 7.05. The number of ether oxygens (including phenoxy) is 1. The lowest BCUT2D eigenvalue weighted by molar-refractivity contribution is 0.0698. The molecule has 1 fully saturated rings. The Morgan fingerprint density at radius 1 is 1.04 bits per heavy atom. The predicted molar refractivity (Wildman–Crippen MR) is 89.1 cm³/mol. The second-order valence-corrected chi connectivity index (χ2v) is 8.68. The Labute approximate surface area is 138 Å². The van der Waals surface area contributed by atoms with Gasteiger partial charge in [0, 0.05) is 31.7 Å². The molecule has 7 heteroatoms. The number of carbonyl (C=O) groups is 1. The molecule has 1 heterocycles. The molecule has 6 nitrogen and oxygen atoms in total. The van der Waals surface area contributed by atoms with Crippen LogP contribution in [0.4, 0.5) is 0 Å². The van der Waals surface area contributed by atoms with Crippen molar-refractivity contribution >= 4 is 15.9 Å². The topological polar surface area (TPSA) is 66.9 Å². The minimum absolute atomic E-state index is 0.0829. The average molecular weight is 340 g/mol. The third-order valence-electron chi connectivity index (χ3n) is 3.52. The number of nitrogens with zero attached hydrogens (tertiary/aromatic N) is 2. The van der Waals surface area contributed by atoms with Gasteiger partial charge in [-0.15, -0.1) is 0 Å². The van der Waals surface area contributed by atoms with Crippen molar-refractivity contribution in [2.75, 3.05) is 32.4 Å². The van der Waals surface area contributed by atoms with E-state index in [-0.39, 0.29) is 11.5 Å². The van der Waals surface area contributed by atoms with Crippen molar-refractivity contribution in [2.24, 2.45) is 0 Å². The van der Waals surface area contributed by atoms with Crippen LogP contribution in [-0.2, 0) is 10.0 Å². The molecule has 0 unspecified atom stereocenters. The van der Waals surface area contributed by atoms with Crippen LogP contribution < -0.4 is 4.74 Å². The Morgan fingerprint density at radius 3 is 2.00 bits per heavy atom. The number of hydrogen-bond donors (Lipinski definition) is 0. The maximum absolute atomic E-state index is 12.5. The van der Waals surface area contributed by atoms with Gasteiger partial charge in [-0.1, -0.05) is 0 Å². The fourth-order valence-corrected chi connectivity index (χ4v) is 3.25. The number of benzene rings is 1. The van der Waals surface area contributed by atoms with Crippen molar-refractivity contribution < 1.29 is 17.9 Å². The van der Waals surface area contributed by atoms with Crippen molar-refractivity contribution in [1.82, 2.24) is 9.21 Å². The van der Waals surface area contributed by atoms with E-state index in [1.54, 1.807) is 29.2 Å². The summed E-state index contributed by atoms with van der Waals surface area (Å²) >= 11 is 0. The average Bonchev–Trinajstić information content (AvgIpc) is 2.45. The molecule has 1 aromatic carbocycles. The molecule has 0 N–H and O–H groups in total. The van der Waals surface area contributed by atoms with E-state index in [2.05, 4.69) is 0 Å². The Hall–Kier alpha value is -1.60. The van der Waals surface area contributed by atoms with Crippen LogP contribution in [-0.4, -0.2) is 61.6 Å². The molecule has 1 aliphatic rings. The van der Waals surface area contributed by atoms with E-state index in [4.69, 9.17) is 4.74 Å². The van der Waals surface area contributed by atoms with Crippen LogP contribution >= 0.6 is 0 Å². The highest BCUT2D eigenvalue weighted by Gasteiger charge is 2.26. The van der Waals surface area contributed by atoms with Gasteiger partial charge in [0.2, 0.25) is 10.0 Å². The van der Waals surface area contributed by atoms with E-state index in [1.165, 1.54) is 10.6 Å². The minimum Gasteiger partial charge on any atom is -0.488 e. The molecule has 1 aromatic rings. The lowest BCUT2D eigenvalue weighted by Gasteiger charge is -2.33. The summed E-state index contributed by atoms with van der Waals surface area (Å²) in [6.45, 7) is 7.40. The van der Waals surface area contributed by atoms with Gasteiger partial charge in [-0.25, -0.2) is 8.42 Å². The minimum atomic E-state index is -3.18. The van der Waals surface area contributed by atoms with Gasteiger partial charge in [0.05, 0.1) is 6.26 Å². The van der Waals surface area contributed by atoms with Crippen molar-refractivity contribution in [3.8, 4) is 5.75 Å². The summed E-state index contributed by atoms with van der Waals surface area (Å²) in [4.78, 5) is 14.2. The van der Waals surface area contributed by atoms with Gasteiger partial charge in [0.15, 0.2) is 0 Å². The number of amides is 1. The Morgan fingerprint density at radius 2 is 1.57 bits per heavy atom. The molecule has 2 rings (SSSR count). The highest BCUT2D eigenvalue weighted by atomic mass is 32.2. The summed E-state index contributed by atoms with van der Waals surface area (Å²) in [5.74, 6) is 0.636. The fourth-order valence-electron chi connectivity index (χ4n) is 2.42. The standard InChI is InChI=1S/C16H24N2O4S/c1-16(2,3)22-14-7-5-13(6-8-14)15(19)17-9-11-18(12-10-17)23(4,20)21/h5-8H,9-12H2,1-4H3. The van der Waals surface area contributed by atoms with Gasteiger partial charge in [-0.3, -0.25) is 4.79 Å². The zero-order valence-corrected chi connectivity index (χ0v) is 14.9. The van der Waals surface area contributed by atoms with Gasteiger partial charge < -0.3 is 9.64 Å². The third-order valence-corrected chi connectivity index (χ3v) is 4.82. The van der Waals surface area contributed by atoms with Gasteiger partial charge in [0.1, 0.15) is 11.4 Å². The molecule has 1 saturated heterocycles. The molecule has 1 amide bonds. The van der Waals surface area contributed by atoms with Crippen LogP contribution in [0.3, 0.4) is 0 Å². The van der Waals surface area contributed by atoms with Crippen molar-refractivity contribution in [1.29, 1.82) is 0 Å². The van der Waals surface area contributed by atoms with E-state index in [1.807, 2.05) is 20.8 Å². The van der Waals surface area contributed by atoms with E-state index < -0.39 is 10.0 Å². The van der Waals surface area contributed by atoms with E-state index in [0.29, 0.717) is 31.7 Å². The Kier molecular flexibility index (Phi) is 5.01. The summed E-state index contributed by atoms with van der Waals surface area (Å²) in [7, 11) is -3.18. The first-order valence-electron chi connectivity index (χ1n) is 7.60. The van der Waals surface area contributed by atoms with Gasteiger partial charge in [0.25, 0.3) is 5.91 Å². The predicted octanol–water partition coefficient (Wildman–Crippen LogP) is 1.58. The first-order valence-corrected chi connectivity index (χ1v) is 9.44. The number of piperazine rings is 1. The van der Waals surface area contributed by atoms with E-state index >= 15 is 0 Å². The fraction of sp³-hybridized carbons (Fsp3) is 0.562. The Balaban J connectivity index is 1.99. The van der Waals surface area contributed by atoms with Crippen LogP contribution in [0.15, 0.2) is 24.3 Å². The molecular formula is C16H24N2O4S. The third kappa shape index (κ3) is 4.94. The van der Waals surface area contributed by atoms with Crippen LogP contribution in [0.2, 0.25) is 0 Å². The Bertz CT molecular complexity index is 654. The van der Waals surface area contributed by atoms with Crippen LogP contribution in [0, 0.1) is 0 Å². The number of rotatable bonds is 3. The molecule has 0 saturated carbocycles. The molecule has 23 heavy (non-hydrogen) atoms. The lowest BCUT2D eigenvalue weighted by Crippen LogP contribution is -2.50. The highest BCUT2D eigenvalue weighted by Crippen LogP contribution is 2.19. The number of hydrogen-bond acceptors (Lipinski definition) is 4. The number of sulfonamides is 1. The second-order valence-electron chi connectivity index (χ2n) is 6.69. The van der Waals surface area contributed by atoms with Crippen LogP contribution in [0.1, 0.15) is 31.1 Å². The second kappa shape index (κ2) is 6.49. The monoisotopic (exact) mass is 340 g/mol. The molecule has 0 bridgehead atoms. The summed E-state index contributed by atoms with van der Waals surface area (Å²) < 4.78 is 30.1. The summed E-state index contributed by atoms with van der Waals surface area (Å²) in [5.41, 5.74) is 0.298. The summed E-state index contributed by atoms with van der Waals surface area (Å²) in [6.07, 6.45) is 1.19. The number of carbonyl (C=O) groups excluding carboxylic acids is 1. The van der Waals surface area contributed by atoms with E-state index in [0.717, 1.165) is 5.75 Å². The van der Waals surface area contributed by atoms with Crippen molar-refractivity contribution in [2.45, 2.75) is 26.4 Å². The zero-order chi connectivity index (χ0) is 17.3. The first kappa shape index (κ1) is 17.7. The van der Waals surface area contributed by atoms with Gasteiger partial charge in [-0.05, 0) is 45.0 Å². The van der Waals surface area contributed by atoms with Crippen molar-refractivity contribution in [3.63, 3.8) is 0 Å². The molecule has 0 spiro atoms.